The van der Waals surface area contributed by atoms with Gasteiger partial charge in [0.15, 0.2) is 0 Å². The van der Waals surface area contributed by atoms with Gasteiger partial charge in [-0.2, -0.15) is 0 Å². The fourth-order valence-corrected chi connectivity index (χ4v) is 3.17. The summed E-state index contributed by atoms with van der Waals surface area (Å²) < 4.78 is 1.04. The lowest BCUT2D eigenvalue weighted by Crippen LogP contribution is -2.10. The van der Waals surface area contributed by atoms with Crippen molar-refractivity contribution < 1.29 is 5.11 Å². The van der Waals surface area contributed by atoms with Gasteiger partial charge in [0, 0.05) is 27.0 Å². The van der Waals surface area contributed by atoms with Crippen LogP contribution >= 0.6 is 43.6 Å². The average molecular weight is 355 g/mol. The van der Waals surface area contributed by atoms with Crippen LogP contribution in [0.15, 0.2) is 27.6 Å². The molecule has 0 spiro atoms. The van der Waals surface area contributed by atoms with E-state index in [4.69, 9.17) is 5.73 Å². The number of benzene rings is 1. The number of aliphatic hydroxyl groups is 1. The molecule has 0 aliphatic rings. The van der Waals surface area contributed by atoms with Crippen molar-refractivity contribution in [3.8, 4) is 0 Å². The van der Waals surface area contributed by atoms with Crippen molar-refractivity contribution in [1.29, 1.82) is 0 Å². The minimum absolute atomic E-state index is 0.309. The predicted octanol–water partition coefficient (Wildman–Crippen LogP) is 2.76. The van der Waals surface area contributed by atoms with Gasteiger partial charge in [-0.15, -0.1) is 11.8 Å². The minimum atomic E-state index is -0.309. The minimum Gasteiger partial charge on any atom is -0.391 e. The molecule has 0 bridgehead atoms. The SMILES string of the molecule is NCc1ccc(SCC(O)CBr)c(Br)c1. The Balaban J connectivity index is 2.62. The highest BCUT2D eigenvalue weighted by Crippen LogP contribution is 2.28. The molecule has 0 amide bonds. The van der Waals surface area contributed by atoms with Gasteiger partial charge in [0.2, 0.25) is 0 Å². The fourth-order valence-electron chi connectivity index (χ4n) is 1.02. The zero-order valence-corrected chi connectivity index (χ0v) is 12.1. The summed E-state index contributed by atoms with van der Waals surface area (Å²) in [6.07, 6.45) is -0.309. The van der Waals surface area contributed by atoms with Crippen LogP contribution in [0, 0.1) is 0 Å². The van der Waals surface area contributed by atoms with Gasteiger partial charge in [0.05, 0.1) is 6.10 Å². The molecule has 1 rings (SSSR count). The van der Waals surface area contributed by atoms with E-state index in [1.54, 1.807) is 11.8 Å². The summed E-state index contributed by atoms with van der Waals surface area (Å²) in [4.78, 5) is 1.13. The van der Waals surface area contributed by atoms with E-state index in [2.05, 4.69) is 31.9 Å². The van der Waals surface area contributed by atoms with E-state index >= 15 is 0 Å². The zero-order valence-electron chi connectivity index (χ0n) is 8.12. The summed E-state index contributed by atoms with van der Waals surface area (Å²) >= 11 is 8.36. The highest BCUT2D eigenvalue weighted by molar-refractivity contribution is 9.10. The number of alkyl halides is 1. The number of nitrogens with two attached hydrogens (primary N) is 1. The Morgan fingerprint density at radius 1 is 1.47 bits per heavy atom. The first kappa shape index (κ1) is 13.5. The lowest BCUT2D eigenvalue weighted by atomic mass is 10.2. The van der Waals surface area contributed by atoms with Gasteiger partial charge in [0.25, 0.3) is 0 Å². The highest BCUT2D eigenvalue weighted by atomic mass is 79.9. The van der Waals surface area contributed by atoms with Crippen LogP contribution in [-0.2, 0) is 6.54 Å². The molecule has 15 heavy (non-hydrogen) atoms. The van der Waals surface area contributed by atoms with Gasteiger partial charge in [-0.3, -0.25) is 0 Å². The van der Waals surface area contributed by atoms with E-state index in [1.807, 2.05) is 18.2 Å². The van der Waals surface area contributed by atoms with Crippen molar-refractivity contribution in [3.63, 3.8) is 0 Å². The van der Waals surface area contributed by atoms with E-state index in [0.29, 0.717) is 17.6 Å². The fraction of sp³-hybridized carbons (Fsp3) is 0.400. The summed E-state index contributed by atoms with van der Waals surface area (Å²) in [6, 6.07) is 6.05. The number of hydrogen-bond donors (Lipinski definition) is 2. The molecule has 0 aliphatic heterocycles. The van der Waals surface area contributed by atoms with Gasteiger partial charge in [0.1, 0.15) is 0 Å². The van der Waals surface area contributed by atoms with Crippen LogP contribution in [0.5, 0.6) is 0 Å². The largest absolute Gasteiger partial charge is 0.391 e. The van der Waals surface area contributed by atoms with Crippen molar-refractivity contribution in [2.24, 2.45) is 5.73 Å². The van der Waals surface area contributed by atoms with E-state index in [-0.39, 0.29) is 6.10 Å². The highest BCUT2D eigenvalue weighted by Gasteiger charge is 2.06. The van der Waals surface area contributed by atoms with Gasteiger partial charge in [-0.05, 0) is 33.6 Å². The van der Waals surface area contributed by atoms with Crippen molar-refractivity contribution in [1.82, 2.24) is 0 Å². The summed E-state index contributed by atoms with van der Waals surface area (Å²) in [6.45, 7) is 0.549. The summed E-state index contributed by atoms with van der Waals surface area (Å²) in [5.74, 6) is 0.686. The number of aliphatic hydroxyl groups excluding tert-OH is 1. The van der Waals surface area contributed by atoms with Crippen LogP contribution in [0.2, 0.25) is 0 Å². The maximum Gasteiger partial charge on any atom is 0.0730 e. The zero-order chi connectivity index (χ0) is 11.3. The third-order valence-electron chi connectivity index (χ3n) is 1.84. The van der Waals surface area contributed by atoms with Gasteiger partial charge in [-0.25, -0.2) is 0 Å². The van der Waals surface area contributed by atoms with E-state index in [0.717, 1.165) is 14.9 Å². The quantitative estimate of drug-likeness (QED) is 0.631. The lowest BCUT2D eigenvalue weighted by molar-refractivity contribution is 0.226. The summed E-state index contributed by atoms with van der Waals surface area (Å²) in [7, 11) is 0. The Bertz CT molecular complexity index is 322. The van der Waals surface area contributed by atoms with E-state index in [9.17, 15) is 5.11 Å². The van der Waals surface area contributed by atoms with Crippen molar-refractivity contribution in [2.45, 2.75) is 17.5 Å². The topological polar surface area (TPSA) is 46.2 Å². The predicted molar refractivity (Wildman–Crippen MR) is 72.6 cm³/mol. The standard InChI is InChI=1S/C10H13Br2NOS/c11-4-8(14)6-15-10-2-1-7(5-13)3-9(10)12/h1-3,8,14H,4-6,13H2. The third kappa shape index (κ3) is 4.44. The molecule has 1 aromatic rings. The molecule has 1 aromatic carbocycles. The molecule has 0 heterocycles. The molecule has 0 aromatic heterocycles. The number of thioether (sulfide) groups is 1. The molecule has 1 atom stereocenters. The first-order valence-electron chi connectivity index (χ1n) is 4.52. The first-order valence-corrected chi connectivity index (χ1v) is 7.42. The first-order chi connectivity index (χ1) is 7.17. The molecule has 0 aliphatic carbocycles. The van der Waals surface area contributed by atoms with Crippen molar-refractivity contribution >= 4 is 43.6 Å². The summed E-state index contributed by atoms with van der Waals surface area (Å²) in [5, 5.41) is 10.0. The molecule has 0 saturated heterocycles. The molecule has 0 radical (unpaired) electrons. The van der Waals surface area contributed by atoms with E-state index in [1.165, 1.54) is 0 Å². The molecule has 1 unspecified atom stereocenters. The van der Waals surface area contributed by atoms with Crippen molar-refractivity contribution in [2.75, 3.05) is 11.1 Å². The second kappa shape index (κ2) is 6.91. The van der Waals surface area contributed by atoms with Crippen LogP contribution in [0.25, 0.3) is 0 Å². The Kier molecular flexibility index (Phi) is 6.23. The van der Waals surface area contributed by atoms with Crippen LogP contribution in [0.4, 0.5) is 0 Å². The Labute approximate surface area is 111 Å². The van der Waals surface area contributed by atoms with Crippen LogP contribution < -0.4 is 5.73 Å². The third-order valence-corrected chi connectivity index (χ3v) is 4.73. The average Bonchev–Trinajstić information content (AvgIpc) is 2.26. The summed E-state index contributed by atoms with van der Waals surface area (Å²) in [5.41, 5.74) is 6.64. The van der Waals surface area contributed by atoms with Gasteiger partial charge >= 0.3 is 0 Å². The second-order valence-corrected chi connectivity index (χ2v) is 5.65. The molecular formula is C10H13Br2NOS. The molecular weight excluding hydrogens is 342 g/mol. The van der Waals surface area contributed by atoms with Gasteiger partial charge in [-0.1, -0.05) is 22.0 Å². The van der Waals surface area contributed by atoms with Crippen LogP contribution in [0.1, 0.15) is 5.56 Å². The number of hydrogen-bond acceptors (Lipinski definition) is 3. The Morgan fingerprint density at radius 3 is 2.73 bits per heavy atom. The molecule has 84 valence electrons. The Morgan fingerprint density at radius 2 is 2.20 bits per heavy atom. The maximum atomic E-state index is 9.41. The molecule has 2 nitrogen and oxygen atoms in total. The van der Waals surface area contributed by atoms with E-state index < -0.39 is 0 Å². The molecule has 0 saturated carbocycles. The Hall–Kier alpha value is 0.450. The van der Waals surface area contributed by atoms with Gasteiger partial charge < -0.3 is 10.8 Å². The molecule has 5 heteroatoms. The second-order valence-electron chi connectivity index (χ2n) is 3.09. The van der Waals surface area contributed by atoms with Crippen molar-refractivity contribution in [3.05, 3.63) is 28.2 Å². The smallest absolute Gasteiger partial charge is 0.0730 e. The van der Waals surface area contributed by atoms with Crippen LogP contribution in [0.3, 0.4) is 0 Å². The lowest BCUT2D eigenvalue weighted by Gasteiger charge is -2.08. The normalized spacial score (nSPS) is 12.8. The number of rotatable bonds is 5. The monoisotopic (exact) mass is 353 g/mol. The molecule has 0 fully saturated rings. The maximum absolute atomic E-state index is 9.41. The molecule has 3 N–H and O–H groups in total. The van der Waals surface area contributed by atoms with Crippen LogP contribution in [-0.4, -0.2) is 22.3 Å². The number of halogens is 2.